The van der Waals surface area contributed by atoms with Gasteiger partial charge in [-0.2, -0.15) is 0 Å². The Morgan fingerprint density at radius 2 is 1.77 bits per heavy atom. The summed E-state index contributed by atoms with van der Waals surface area (Å²) in [5.41, 5.74) is 1.67. The number of carboxylic acid groups (broad SMARTS) is 1. The summed E-state index contributed by atoms with van der Waals surface area (Å²) in [6, 6.07) is 0. The first-order chi connectivity index (χ1) is 6.13. The van der Waals surface area contributed by atoms with E-state index in [1.807, 2.05) is 0 Å². The lowest BCUT2D eigenvalue weighted by atomic mass is 9.99. The first-order valence-corrected chi connectivity index (χ1v) is 5.05. The van der Waals surface area contributed by atoms with Crippen LogP contribution in [-0.4, -0.2) is 11.1 Å². The second-order valence-electron chi connectivity index (χ2n) is 3.39. The Kier molecular flexibility index (Phi) is 6.29. The number of unbranched alkanes of at least 4 members (excludes halogenated alkanes) is 1. The minimum atomic E-state index is -0.764. The van der Waals surface area contributed by atoms with Crippen molar-refractivity contribution in [3.8, 4) is 0 Å². The highest BCUT2D eigenvalue weighted by Crippen LogP contribution is 2.18. The largest absolute Gasteiger partial charge is 0.478 e. The van der Waals surface area contributed by atoms with E-state index in [-0.39, 0.29) is 0 Å². The van der Waals surface area contributed by atoms with Crippen LogP contribution in [0.15, 0.2) is 11.1 Å². The zero-order chi connectivity index (χ0) is 10.3. The molecule has 0 aromatic rings. The number of carboxylic acids is 1. The molecule has 0 aromatic heterocycles. The van der Waals surface area contributed by atoms with Gasteiger partial charge < -0.3 is 5.11 Å². The second kappa shape index (κ2) is 6.70. The van der Waals surface area contributed by atoms with E-state index in [4.69, 9.17) is 5.11 Å². The fourth-order valence-electron chi connectivity index (χ4n) is 1.34. The van der Waals surface area contributed by atoms with E-state index in [9.17, 15) is 4.79 Å². The smallest absolute Gasteiger partial charge is 0.331 e. The van der Waals surface area contributed by atoms with Gasteiger partial charge in [0, 0.05) is 5.57 Å². The Hall–Kier alpha value is -0.790. The van der Waals surface area contributed by atoms with Crippen LogP contribution in [0.2, 0.25) is 0 Å². The third-order valence-electron chi connectivity index (χ3n) is 2.24. The average Bonchev–Trinajstić information content (AvgIpc) is 2.11. The maximum absolute atomic E-state index is 10.7. The molecule has 1 N–H and O–H groups in total. The number of rotatable bonds is 6. The van der Waals surface area contributed by atoms with Crippen molar-refractivity contribution in [1.82, 2.24) is 0 Å². The SMILES string of the molecule is CCCCC(CCC)=C(C)C(=O)O. The van der Waals surface area contributed by atoms with Crippen LogP contribution in [0.1, 0.15) is 52.9 Å². The summed E-state index contributed by atoms with van der Waals surface area (Å²) in [6.07, 6.45) is 5.13. The van der Waals surface area contributed by atoms with Crippen molar-refractivity contribution in [3.05, 3.63) is 11.1 Å². The van der Waals surface area contributed by atoms with Crippen LogP contribution in [0.25, 0.3) is 0 Å². The Morgan fingerprint density at radius 1 is 1.15 bits per heavy atom. The van der Waals surface area contributed by atoms with Gasteiger partial charge in [-0.3, -0.25) is 0 Å². The Balaban J connectivity index is 4.37. The van der Waals surface area contributed by atoms with E-state index >= 15 is 0 Å². The maximum Gasteiger partial charge on any atom is 0.331 e. The molecule has 0 rings (SSSR count). The summed E-state index contributed by atoms with van der Waals surface area (Å²) in [6.45, 7) is 5.92. The number of hydrogen-bond acceptors (Lipinski definition) is 1. The summed E-state index contributed by atoms with van der Waals surface area (Å²) in [7, 11) is 0. The molecule has 0 radical (unpaired) electrons. The van der Waals surface area contributed by atoms with Crippen molar-refractivity contribution in [2.75, 3.05) is 0 Å². The normalized spacial score (nSPS) is 12.5. The molecule has 0 aliphatic carbocycles. The number of allylic oxidation sites excluding steroid dienone is 1. The standard InChI is InChI=1S/C11H20O2/c1-4-6-8-10(7-5-2)9(3)11(12)13/h4-8H2,1-3H3,(H,12,13). The minimum absolute atomic E-state index is 0.551. The molecule has 0 aliphatic rings. The summed E-state index contributed by atoms with van der Waals surface area (Å²) in [5.74, 6) is -0.764. The van der Waals surface area contributed by atoms with Crippen LogP contribution < -0.4 is 0 Å². The number of hydrogen-bond donors (Lipinski definition) is 1. The van der Waals surface area contributed by atoms with E-state index in [1.54, 1.807) is 6.92 Å². The molecule has 76 valence electrons. The highest BCUT2D eigenvalue weighted by Gasteiger charge is 2.07. The van der Waals surface area contributed by atoms with Crippen molar-refractivity contribution in [1.29, 1.82) is 0 Å². The lowest BCUT2D eigenvalue weighted by Crippen LogP contribution is -2.01. The molecule has 0 bridgehead atoms. The molecule has 0 amide bonds. The summed E-state index contributed by atoms with van der Waals surface area (Å²) in [5, 5.41) is 8.82. The summed E-state index contributed by atoms with van der Waals surface area (Å²) >= 11 is 0. The molecular formula is C11H20O2. The zero-order valence-corrected chi connectivity index (χ0v) is 8.89. The first-order valence-electron chi connectivity index (χ1n) is 5.05. The molecule has 0 spiro atoms. The third kappa shape index (κ3) is 4.71. The molecule has 0 atom stereocenters. The van der Waals surface area contributed by atoms with Gasteiger partial charge in [0.1, 0.15) is 0 Å². The van der Waals surface area contributed by atoms with E-state index in [0.717, 1.165) is 37.7 Å². The van der Waals surface area contributed by atoms with Gasteiger partial charge in [-0.1, -0.05) is 32.3 Å². The monoisotopic (exact) mass is 184 g/mol. The Labute approximate surface area is 80.7 Å². The highest BCUT2D eigenvalue weighted by atomic mass is 16.4. The Bertz CT molecular complexity index is 192. The Morgan fingerprint density at radius 3 is 2.15 bits per heavy atom. The molecule has 2 nitrogen and oxygen atoms in total. The molecule has 13 heavy (non-hydrogen) atoms. The number of carbonyl (C=O) groups is 1. The topological polar surface area (TPSA) is 37.3 Å². The second-order valence-corrected chi connectivity index (χ2v) is 3.39. The van der Waals surface area contributed by atoms with Crippen LogP contribution in [-0.2, 0) is 4.79 Å². The van der Waals surface area contributed by atoms with Gasteiger partial charge >= 0.3 is 5.97 Å². The fourth-order valence-corrected chi connectivity index (χ4v) is 1.34. The predicted octanol–water partition coefficient (Wildman–Crippen LogP) is 3.38. The van der Waals surface area contributed by atoms with Crippen LogP contribution in [0, 0.1) is 0 Å². The molecule has 0 saturated carbocycles. The average molecular weight is 184 g/mol. The first kappa shape index (κ1) is 12.2. The van der Waals surface area contributed by atoms with Crippen LogP contribution in [0.5, 0.6) is 0 Å². The molecular weight excluding hydrogens is 164 g/mol. The quantitative estimate of drug-likeness (QED) is 0.642. The van der Waals surface area contributed by atoms with Crippen LogP contribution >= 0.6 is 0 Å². The molecule has 0 aliphatic heterocycles. The van der Waals surface area contributed by atoms with Gasteiger partial charge in [-0.05, 0) is 26.2 Å². The fraction of sp³-hybridized carbons (Fsp3) is 0.727. The lowest BCUT2D eigenvalue weighted by molar-refractivity contribution is -0.132. The van der Waals surface area contributed by atoms with Crippen molar-refractivity contribution in [2.24, 2.45) is 0 Å². The van der Waals surface area contributed by atoms with Gasteiger partial charge in [-0.15, -0.1) is 0 Å². The molecule has 0 fully saturated rings. The molecule has 0 heterocycles. The zero-order valence-electron chi connectivity index (χ0n) is 8.89. The maximum atomic E-state index is 10.7. The third-order valence-corrected chi connectivity index (χ3v) is 2.24. The van der Waals surface area contributed by atoms with E-state index in [0.29, 0.717) is 5.57 Å². The van der Waals surface area contributed by atoms with E-state index < -0.39 is 5.97 Å². The van der Waals surface area contributed by atoms with Gasteiger partial charge in [0.05, 0.1) is 0 Å². The number of aliphatic carboxylic acids is 1. The highest BCUT2D eigenvalue weighted by molar-refractivity contribution is 5.86. The predicted molar refractivity (Wildman–Crippen MR) is 54.8 cm³/mol. The van der Waals surface area contributed by atoms with Gasteiger partial charge in [0.15, 0.2) is 0 Å². The molecule has 0 unspecified atom stereocenters. The van der Waals surface area contributed by atoms with Crippen LogP contribution in [0.3, 0.4) is 0 Å². The van der Waals surface area contributed by atoms with Crippen molar-refractivity contribution in [3.63, 3.8) is 0 Å². The van der Waals surface area contributed by atoms with Crippen molar-refractivity contribution in [2.45, 2.75) is 52.9 Å². The molecule has 2 heteroatoms. The van der Waals surface area contributed by atoms with Gasteiger partial charge in [-0.25, -0.2) is 4.79 Å². The summed E-state index contributed by atoms with van der Waals surface area (Å²) in [4.78, 5) is 10.7. The summed E-state index contributed by atoms with van der Waals surface area (Å²) < 4.78 is 0. The van der Waals surface area contributed by atoms with Gasteiger partial charge in [0.2, 0.25) is 0 Å². The van der Waals surface area contributed by atoms with Gasteiger partial charge in [0.25, 0.3) is 0 Å². The van der Waals surface area contributed by atoms with Crippen LogP contribution in [0.4, 0.5) is 0 Å². The minimum Gasteiger partial charge on any atom is -0.478 e. The lowest BCUT2D eigenvalue weighted by Gasteiger charge is -2.07. The molecule has 0 aromatic carbocycles. The van der Waals surface area contributed by atoms with E-state index in [2.05, 4.69) is 13.8 Å². The van der Waals surface area contributed by atoms with E-state index in [1.165, 1.54) is 0 Å². The van der Waals surface area contributed by atoms with Crippen molar-refractivity contribution >= 4 is 5.97 Å². The molecule has 0 saturated heterocycles. The van der Waals surface area contributed by atoms with Crippen molar-refractivity contribution < 1.29 is 9.90 Å².